The van der Waals surface area contributed by atoms with Gasteiger partial charge in [-0.1, -0.05) is 93.3 Å². The molecule has 0 saturated heterocycles. The molecule has 0 heterocycles. The van der Waals surface area contributed by atoms with Crippen molar-refractivity contribution in [1.29, 1.82) is 0 Å². The molecule has 0 radical (unpaired) electrons. The first-order valence-corrected chi connectivity index (χ1v) is 19.8. The molecule has 196 valence electrons. The molecule has 0 aromatic heterocycles. The predicted molar refractivity (Wildman–Crippen MR) is 164 cm³/mol. The molecule has 0 fully saturated rings. The third kappa shape index (κ3) is 6.02. The fourth-order valence-corrected chi connectivity index (χ4v) is 11.5. The third-order valence-electron chi connectivity index (χ3n) is 8.38. The zero-order valence-corrected chi connectivity index (χ0v) is 27.1. The van der Waals surface area contributed by atoms with Crippen LogP contribution in [0.1, 0.15) is 52.7 Å². The van der Waals surface area contributed by atoms with Crippen molar-refractivity contribution in [3.8, 4) is 0 Å². The van der Waals surface area contributed by atoms with Crippen LogP contribution in [-0.4, -0.2) is 16.6 Å². The number of hydrogen-bond donors (Lipinski definition) is 0. The zero-order valence-electron chi connectivity index (χ0n) is 22.7. The Morgan fingerprint density at radius 1 is 0.583 bits per heavy atom. The first-order valence-electron chi connectivity index (χ1n) is 13.5. The average molecular weight is 606 g/mol. The molecular weight excluding hydrogens is 564 g/mol. The summed E-state index contributed by atoms with van der Waals surface area (Å²) in [7, 11) is -3.89. The van der Waals surface area contributed by atoms with Crippen LogP contribution in [0, 0.1) is 0 Å². The second-order valence-corrected chi connectivity index (χ2v) is 20.7. The van der Waals surface area contributed by atoms with Crippen molar-refractivity contribution in [3.05, 3.63) is 93.5 Å². The number of rotatable bonds is 12. The second kappa shape index (κ2) is 12.3. The third-order valence-corrected chi connectivity index (χ3v) is 18.4. The lowest BCUT2D eigenvalue weighted by Crippen LogP contribution is -2.48. The lowest BCUT2D eigenvalue weighted by atomic mass is 9.82. The van der Waals surface area contributed by atoms with E-state index in [0.29, 0.717) is 0 Å². The highest BCUT2D eigenvalue weighted by Gasteiger charge is 2.45. The molecular formula is C30H42BrClO2Si2. The Kier molecular flexibility index (Phi) is 10.1. The van der Waals surface area contributed by atoms with Gasteiger partial charge in [0.2, 0.25) is 0 Å². The first kappa shape index (κ1) is 29.6. The molecule has 0 amide bonds. The highest BCUT2D eigenvalue weighted by Crippen LogP contribution is 2.46. The summed E-state index contributed by atoms with van der Waals surface area (Å²) in [6.07, 6.45) is 9.07. The Hall–Kier alpha value is -0.956. The van der Waals surface area contributed by atoms with E-state index in [0.717, 1.165) is 56.9 Å². The van der Waals surface area contributed by atoms with Gasteiger partial charge in [-0.05, 0) is 96.0 Å². The average Bonchev–Trinajstić information content (AvgIpc) is 2.92. The SMILES string of the molecule is CC[Si](CC)(CC)OC1(c2ccc(Cl)cc2)C=CC(O[Si](CC)(CC)CC)(c2ccc(Br)cc2)C=C1. The van der Waals surface area contributed by atoms with Crippen molar-refractivity contribution in [1.82, 2.24) is 0 Å². The monoisotopic (exact) mass is 604 g/mol. The van der Waals surface area contributed by atoms with Crippen LogP contribution in [0.4, 0.5) is 0 Å². The highest BCUT2D eigenvalue weighted by molar-refractivity contribution is 9.10. The summed E-state index contributed by atoms with van der Waals surface area (Å²) in [5.41, 5.74) is 1.03. The molecule has 1 aliphatic rings. The largest absolute Gasteiger partial charge is 0.401 e. The summed E-state index contributed by atoms with van der Waals surface area (Å²) in [6.45, 7) is 13.7. The maximum absolute atomic E-state index is 7.28. The van der Waals surface area contributed by atoms with Crippen molar-refractivity contribution in [2.45, 2.75) is 89.0 Å². The lowest BCUT2D eigenvalue weighted by Gasteiger charge is -2.45. The minimum Gasteiger partial charge on any atom is -0.401 e. The molecule has 36 heavy (non-hydrogen) atoms. The molecule has 0 spiro atoms. The molecule has 0 unspecified atom stereocenters. The second-order valence-electron chi connectivity index (χ2n) is 9.96. The Bertz CT molecular complexity index is 928. The Labute approximate surface area is 234 Å². The van der Waals surface area contributed by atoms with Crippen LogP contribution in [0.3, 0.4) is 0 Å². The first-order chi connectivity index (χ1) is 17.2. The van der Waals surface area contributed by atoms with Crippen LogP contribution >= 0.6 is 27.5 Å². The molecule has 2 nitrogen and oxygen atoms in total. The van der Waals surface area contributed by atoms with Crippen molar-refractivity contribution >= 4 is 44.2 Å². The van der Waals surface area contributed by atoms with E-state index in [4.69, 9.17) is 20.5 Å². The summed E-state index contributed by atoms with van der Waals surface area (Å²) < 4.78 is 15.6. The molecule has 0 bridgehead atoms. The van der Waals surface area contributed by atoms with E-state index in [-0.39, 0.29) is 0 Å². The van der Waals surface area contributed by atoms with Crippen molar-refractivity contribution in [2.24, 2.45) is 0 Å². The van der Waals surface area contributed by atoms with Crippen LogP contribution in [0.15, 0.2) is 77.3 Å². The van der Waals surface area contributed by atoms with Gasteiger partial charge in [0.25, 0.3) is 0 Å². The molecule has 0 atom stereocenters. The van der Waals surface area contributed by atoms with Gasteiger partial charge >= 0.3 is 0 Å². The summed E-state index contributed by atoms with van der Waals surface area (Å²) in [5, 5.41) is 0.736. The van der Waals surface area contributed by atoms with E-state index in [2.05, 4.69) is 118 Å². The van der Waals surface area contributed by atoms with Crippen molar-refractivity contribution < 1.29 is 8.85 Å². The van der Waals surface area contributed by atoms with E-state index >= 15 is 0 Å². The van der Waals surface area contributed by atoms with Crippen LogP contribution in [0.25, 0.3) is 0 Å². The van der Waals surface area contributed by atoms with E-state index < -0.39 is 27.8 Å². The standard InChI is InChI=1S/C30H42BrClO2Si2/c1-7-35(8-2,9-3)33-29(25-13-17-27(31)18-14-25)21-23-30(24-22-29,26-15-19-28(32)20-16-26)34-36(10-4,11-5)12-6/h13-24H,7-12H2,1-6H3. The fourth-order valence-electron chi connectivity index (χ4n) is 5.32. The summed E-state index contributed by atoms with van der Waals surface area (Å²) in [6, 6.07) is 23.3. The predicted octanol–water partition coefficient (Wildman–Crippen LogP) is 10.4. The van der Waals surface area contributed by atoms with Gasteiger partial charge in [0.05, 0.1) is 0 Å². The van der Waals surface area contributed by atoms with Gasteiger partial charge in [-0.15, -0.1) is 0 Å². The Morgan fingerprint density at radius 3 is 1.19 bits per heavy atom. The molecule has 1 aliphatic carbocycles. The quantitative estimate of drug-likeness (QED) is 0.177. The smallest absolute Gasteiger partial charge is 0.194 e. The molecule has 3 rings (SSSR count). The topological polar surface area (TPSA) is 18.5 Å². The summed E-state index contributed by atoms with van der Waals surface area (Å²) >= 11 is 9.89. The van der Waals surface area contributed by atoms with Gasteiger partial charge in [0.1, 0.15) is 11.2 Å². The number of halogens is 2. The molecule has 2 aromatic carbocycles. The molecule has 0 N–H and O–H groups in total. The van der Waals surface area contributed by atoms with Gasteiger partial charge in [0, 0.05) is 9.50 Å². The van der Waals surface area contributed by atoms with Gasteiger partial charge in [0.15, 0.2) is 16.6 Å². The minimum atomic E-state index is -1.95. The van der Waals surface area contributed by atoms with Gasteiger partial charge in [-0.3, -0.25) is 0 Å². The fraction of sp³-hybridized carbons (Fsp3) is 0.467. The van der Waals surface area contributed by atoms with Crippen LogP contribution in [0.5, 0.6) is 0 Å². The van der Waals surface area contributed by atoms with E-state index in [1.54, 1.807) is 0 Å². The van der Waals surface area contributed by atoms with Crippen molar-refractivity contribution in [3.63, 3.8) is 0 Å². The number of hydrogen-bond acceptors (Lipinski definition) is 2. The molecule has 0 saturated carbocycles. The Morgan fingerprint density at radius 2 is 0.889 bits per heavy atom. The minimum absolute atomic E-state index is 0.608. The van der Waals surface area contributed by atoms with E-state index in [1.807, 2.05) is 12.1 Å². The van der Waals surface area contributed by atoms with Crippen LogP contribution < -0.4 is 0 Å². The Balaban J connectivity index is 2.18. The van der Waals surface area contributed by atoms with Crippen molar-refractivity contribution in [2.75, 3.05) is 0 Å². The highest BCUT2D eigenvalue weighted by atomic mass is 79.9. The maximum Gasteiger partial charge on any atom is 0.194 e. The lowest BCUT2D eigenvalue weighted by molar-refractivity contribution is 0.121. The van der Waals surface area contributed by atoms with Crippen LogP contribution in [-0.2, 0) is 20.1 Å². The van der Waals surface area contributed by atoms with Gasteiger partial charge < -0.3 is 8.85 Å². The summed E-state index contributed by atoms with van der Waals surface area (Å²) in [4.78, 5) is 0. The number of benzene rings is 2. The normalized spacial score (nSPS) is 22.2. The van der Waals surface area contributed by atoms with Crippen LogP contribution in [0.2, 0.25) is 41.3 Å². The maximum atomic E-state index is 7.28. The molecule has 0 aliphatic heterocycles. The van der Waals surface area contributed by atoms with E-state index in [1.165, 1.54) is 0 Å². The molecule has 2 aromatic rings. The van der Waals surface area contributed by atoms with Gasteiger partial charge in [-0.2, -0.15) is 0 Å². The molecule has 6 heteroatoms. The van der Waals surface area contributed by atoms with Gasteiger partial charge in [-0.25, -0.2) is 0 Å². The zero-order chi connectivity index (χ0) is 26.5. The van der Waals surface area contributed by atoms with E-state index in [9.17, 15) is 0 Å². The summed E-state index contributed by atoms with van der Waals surface area (Å²) in [5.74, 6) is 0.